The van der Waals surface area contributed by atoms with Crippen LogP contribution >= 0.6 is 23.2 Å². The van der Waals surface area contributed by atoms with Crippen LogP contribution in [-0.4, -0.2) is 65.7 Å². The third-order valence-corrected chi connectivity index (χ3v) is 6.77. The summed E-state index contributed by atoms with van der Waals surface area (Å²) in [5.41, 5.74) is 2.93. The Morgan fingerprint density at radius 3 is 2.59 bits per heavy atom. The number of hydrazine groups is 1. The molecule has 2 aliphatic rings. The van der Waals surface area contributed by atoms with Gasteiger partial charge in [-0.2, -0.15) is 0 Å². The van der Waals surface area contributed by atoms with E-state index in [9.17, 15) is 4.79 Å². The quantitative estimate of drug-likeness (QED) is 0.620. The smallest absolute Gasteiger partial charge is 0.240 e. The first-order valence-electron chi connectivity index (χ1n) is 11.0. The molecule has 4 rings (SSSR count). The lowest BCUT2D eigenvalue weighted by molar-refractivity contribution is -0.173. The van der Waals surface area contributed by atoms with E-state index in [2.05, 4.69) is 23.4 Å². The highest BCUT2D eigenvalue weighted by atomic mass is 35.5. The third kappa shape index (κ3) is 5.12. The molecule has 1 amide bonds. The molecule has 0 bridgehead atoms. The van der Waals surface area contributed by atoms with E-state index in [1.807, 2.05) is 58.4 Å². The van der Waals surface area contributed by atoms with Gasteiger partial charge in [-0.3, -0.25) is 9.80 Å². The molecular weight excluding hydrogens is 473 g/mol. The number of hydrogen-bond donors (Lipinski definition) is 1. The van der Waals surface area contributed by atoms with Crippen LogP contribution in [0.5, 0.6) is 5.75 Å². The predicted octanol–water partition coefficient (Wildman–Crippen LogP) is 3.91. The highest BCUT2D eigenvalue weighted by molar-refractivity contribution is 6.35. The van der Waals surface area contributed by atoms with Crippen molar-refractivity contribution in [3.63, 3.8) is 0 Å². The molecule has 7 nitrogen and oxygen atoms in total. The Kier molecular flexibility index (Phi) is 7.26. The zero-order chi connectivity index (χ0) is 24.4. The van der Waals surface area contributed by atoms with E-state index in [0.29, 0.717) is 36.2 Å². The summed E-state index contributed by atoms with van der Waals surface area (Å²) in [5.74, 6) is 1.60. The monoisotopic (exact) mass is 501 g/mol. The van der Waals surface area contributed by atoms with Gasteiger partial charge in [0, 0.05) is 35.9 Å². The Hall–Kier alpha value is -2.87. The fraction of sp³-hybridized carbons (Fsp3) is 0.320. The molecule has 2 saturated heterocycles. The maximum atomic E-state index is 12.8. The predicted molar refractivity (Wildman–Crippen MR) is 135 cm³/mol. The van der Waals surface area contributed by atoms with Gasteiger partial charge in [-0.1, -0.05) is 54.6 Å². The van der Waals surface area contributed by atoms with E-state index in [0.717, 1.165) is 28.4 Å². The summed E-state index contributed by atoms with van der Waals surface area (Å²) < 4.78 is 5.23. The van der Waals surface area contributed by atoms with Crippen LogP contribution < -0.4 is 10.1 Å². The van der Waals surface area contributed by atoms with Gasteiger partial charge in [0.15, 0.2) is 0 Å². The zero-order valence-corrected chi connectivity index (χ0v) is 20.9. The molecule has 1 atom stereocenters. The number of carbonyl (C=O) groups is 1. The number of ether oxygens (including phenoxy) is 1. The van der Waals surface area contributed by atoms with Crippen molar-refractivity contribution in [1.29, 1.82) is 0 Å². The van der Waals surface area contributed by atoms with Crippen molar-refractivity contribution in [2.24, 2.45) is 0 Å². The number of piperazine rings is 1. The lowest BCUT2D eigenvalue weighted by Gasteiger charge is -2.54. The summed E-state index contributed by atoms with van der Waals surface area (Å²) in [6.45, 7) is 11.0. The van der Waals surface area contributed by atoms with Crippen LogP contribution in [-0.2, 0) is 17.9 Å². The average molecular weight is 502 g/mol. The van der Waals surface area contributed by atoms with Crippen molar-refractivity contribution in [3.8, 4) is 5.75 Å². The number of nitrogens with one attached hydrogen (secondary N) is 1. The third-order valence-electron chi connectivity index (χ3n) is 6.19. The number of benzene rings is 2. The largest absolute Gasteiger partial charge is 0.497 e. The second kappa shape index (κ2) is 10.2. The molecule has 0 spiro atoms. The van der Waals surface area contributed by atoms with Crippen molar-refractivity contribution >= 4 is 29.1 Å². The number of rotatable bonds is 7. The number of amides is 1. The van der Waals surface area contributed by atoms with Gasteiger partial charge in [0.25, 0.3) is 0 Å². The van der Waals surface area contributed by atoms with Crippen LogP contribution in [0.25, 0.3) is 0 Å². The molecule has 2 aromatic carbocycles. The van der Waals surface area contributed by atoms with Gasteiger partial charge in [-0.05, 0) is 35.4 Å². The van der Waals surface area contributed by atoms with Gasteiger partial charge in [0.1, 0.15) is 17.7 Å². The van der Waals surface area contributed by atoms with Crippen LogP contribution in [0.4, 0.5) is 0 Å². The Labute approximate surface area is 210 Å². The van der Waals surface area contributed by atoms with Crippen LogP contribution in [0, 0.1) is 0 Å². The summed E-state index contributed by atoms with van der Waals surface area (Å²) in [6, 6.07) is 13.4. The van der Waals surface area contributed by atoms with Gasteiger partial charge >= 0.3 is 0 Å². The van der Waals surface area contributed by atoms with Gasteiger partial charge < -0.3 is 19.9 Å². The van der Waals surface area contributed by atoms with Crippen molar-refractivity contribution in [2.45, 2.75) is 19.3 Å². The highest BCUT2D eigenvalue weighted by Gasteiger charge is 2.42. The molecule has 180 valence electrons. The van der Waals surface area contributed by atoms with Gasteiger partial charge in [0.2, 0.25) is 5.91 Å². The number of nitrogens with zero attached hydrogens (tertiary/aromatic N) is 4. The van der Waals surface area contributed by atoms with E-state index in [1.54, 1.807) is 13.2 Å². The van der Waals surface area contributed by atoms with Crippen molar-refractivity contribution < 1.29 is 9.53 Å². The van der Waals surface area contributed by atoms with Crippen LogP contribution in [0.2, 0.25) is 10.0 Å². The minimum Gasteiger partial charge on any atom is -0.497 e. The molecule has 2 fully saturated rings. The van der Waals surface area contributed by atoms with E-state index in [-0.39, 0.29) is 18.6 Å². The first-order chi connectivity index (χ1) is 16.3. The van der Waals surface area contributed by atoms with Crippen LogP contribution in [0.1, 0.15) is 11.1 Å². The first-order valence-corrected chi connectivity index (χ1v) is 11.7. The lowest BCUT2D eigenvalue weighted by atomic mass is 10.1. The number of likely N-dealkylation sites (N-methyl/N-ethyl adjacent to an activating group) is 1. The molecule has 0 radical (unpaired) electrons. The molecular formula is C25H29Cl2N5O2. The fourth-order valence-electron chi connectivity index (χ4n) is 4.33. The maximum Gasteiger partial charge on any atom is 0.240 e. The Bertz CT molecular complexity index is 1090. The van der Waals surface area contributed by atoms with Gasteiger partial charge in [0.05, 0.1) is 26.7 Å². The minimum absolute atomic E-state index is 0.0667. The minimum atomic E-state index is -0.223. The molecule has 2 aromatic rings. The molecule has 1 unspecified atom stereocenters. The SMILES string of the molecule is C=C1CN2C(=O)CN(C)N(C(=C)NCc3ccc(OC)cc3)C2CN1Cc1ccc(Cl)cc1Cl. The Balaban J connectivity index is 1.49. The molecule has 0 saturated carbocycles. The van der Waals surface area contributed by atoms with E-state index in [1.165, 1.54) is 0 Å². The molecule has 2 aliphatic heterocycles. The number of carbonyl (C=O) groups excluding carboxylic acids is 1. The summed E-state index contributed by atoms with van der Waals surface area (Å²) >= 11 is 12.5. The standard InChI is InChI=1S/C25H29Cl2N5O2/c1-17-13-31-24(15-30(17)14-20-7-8-21(26)11-23(20)27)32(29(3)16-25(31)33)18(2)28-12-19-5-9-22(34-4)10-6-19/h5-11,24,28H,1-2,12-16H2,3-4H3. The highest BCUT2D eigenvalue weighted by Crippen LogP contribution is 2.30. The van der Waals surface area contributed by atoms with E-state index < -0.39 is 0 Å². The van der Waals surface area contributed by atoms with Gasteiger partial charge in [-0.25, -0.2) is 5.01 Å². The topological polar surface area (TPSA) is 51.3 Å². The molecule has 0 aromatic heterocycles. The summed E-state index contributed by atoms with van der Waals surface area (Å²) in [5, 5.41) is 8.58. The first kappa shape index (κ1) is 24.3. The maximum absolute atomic E-state index is 12.8. The number of hydrogen-bond acceptors (Lipinski definition) is 6. The second-order valence-corrected chi connectivity index (χ2v) is 9.34. The fourth-order valence-corrected chi connectivity index (χ4v) is 4.80. The van der Waals surface area contributed by atoms with Crippen LogP contribution in [0.3, 0.4) is 0 Å². The molecule has 0 aliphatic carbocycles. The molecule has 1 N–H and O–H groups in total. The summed E-state index contributed by atoms with van der Waals surface area (Å²) in [7, 11) is 3.55. The average Bonchev–Trinajstić information content (AvgIpc) is 2.81. The lowest BCUT2D eigenvalue weighted by Crippen LogP contribution is -2.69. The number of methoxy groups -OCH3 is 1. The second-order valence-electron chi connectivity index (χ2n) is 8.49. The number of fused-ring (bicyclic) bond motifs is 1. The Morgan fingerprint density at radius 1 is 1.18 bits per heavy atom. The van der Waals surface area contributed by atoms with Crippen molar-refractivity contribution in [3.05, 3.63) is 88.3 Å². The van der Waals surface area contributed by atoms with Crippen LogP contribution in [0.15, 0.2) is 67.1 Å². The summed E-state index contributed by atoms with van der Waals surface area (Å²) in [4.78, 5) is 16.9. The molecule has 9 heteroatoms. The molecule has 34 heavy (non-hydrogen) atoms. The molecule has 2 heterocycles. The van der Waals surface area contributed by atoms with Crippen molar-refractivity contribution in [1.82, 2.24) is 25.1 Å². The Morgan fingerprint density at radius 2 is 1.91 bits per heavy atom. The van der Waals surface area contributed by atoms with Crippen molar-refractivity contribution in [2.75, 3.05) is 33.8 Å². The number of halogens is 2. The normalized spacial score (nSPS) is 18.7. The van der Waals surface area contributed by atoms with E-state index in [4.69, 9.17) is 27.9 Å². The van der Waals surface area contributed by atoms with E-state index >= 15 is 0 Å². The summed E-state index contributed by atoms with van der Waals surface area (Å²) in [6.07, 6.45) is -0.223. The van der Waals surface area contributed by atoms with Gasteiger partial charge in [-0.15, -0.1) is 0 Å². The zero-order valence-electron chi connectivity index (χ0n) is 19.4.